The summed E-state index contributed by atoms with van der Waals surface area (Å²) in [5.74, 6) is -0.681. The highest BCUT2D eigenvalue weighted by Crippen LogP contribution is 2.33. The molecule has 0 unspecified atom stereocenters. The molecule has 0 atom stereocenters. The third-order valence-corrected chi connectivity index (χ3v) is 5.50. The fourth-order valence-corrected chi connectivity index (χ4v) is 4.17. The number of amides is 2. The van der Waals surface area contributed by atoms with Gasteiger partial charge in [0.1, 0.15) is 4.90 Å². The van der Waals surface area contributed by atoms with Crippen molar-refractivity contribution in [2.24, 2.45) is 5.73 Å². The number of nitrogens with two attached hydrogens (primary N) is 1. The van der Waals surface area contributed by atoms with Gasteiger partial charge in [-0.05, 0) is 35.4 Å². The van der Waals surface area contributed by atoms with E-state index in [1.807, 2.05) is 0 Å². The Labute approximate surface area is 149 Å². The molecule has 9 heteroatoms. The van der Waals surface area contributed by atoms with Gasteiger partial charge in [0, 0.05) is 11.4 Å². The number of halogens is 1. The second-order valence-electron chi connectivity index (χ2n) is 5.61. The maximum Gasteiger partial charge on any atom is 0.263 e. The molecule has 0 aromatic heterocycles. The molecule has 2 aromatic rings. The molecule has 1 heterocycles. The second-order valence-corrected chi connectivity index (χ2v) is 7.67. The number of hydrogen-bond acceptors (Lipinski definition) is 4. The summed E-state index contributed by atoms with van der Waals surface area (Å²) in [6, 6.07) is 9.08. The number of benzene rings is 2. The maximum atomic E-state index is 12.6. The minimum absolute atomic E-state index is 0.0128. The molecule has 0 saturated carbocycles. The summed E-state index contributed by atoms with van der Waals surface area (Å²) in [7, 11) is -3.93. The molecule has 0 bridgehead atoms. The summed E-state index contributed by atoms with van der Waals surface area (Å²) in [6.07, 6.45) is 0.182. The normalized spacial score (nSPS) is 13.2. The molecule has 0 radical (unpaired) electrons. The first-order valence-electron chi connectivity index (χ1n) is 7.27. The van der Waals surface area contributed by atoms with E-state index in [9.17, 15) is 18.0 Å². The number of sulfonamides is 1. The Balaban J connectivity index is 1.86. The number of carbonyl (C=O) groups is 2. The van der Waals surface area contributed by atoms with Crippen molar-refractivity contribution < 1.29 is 18.0 Å². The van der Waals surface area contributed by atoms with Gasteiger partial charge in [0.05, 0.1) is 17.9 Å². The zero-order valence-electron chi connectivity index (χ0n) is 12.9. The molecule has 7 nitrogen and oxygen atoms in total. The van der Waals surface area contributed by atoms with Crippen molar-refractivity contribution in [2.75, 3.05) is 10.0 Å². The van der Waals surface area contributed by atoms with Gasteiger partial charge in [0.2, 0.25) is 11.8 Å². The van der Waals surface area contributed by atoms with Crippen molar-refractivity contribution in [3.05, 3.63) is 52.5 Å². The molecular formula is C16H14ClN3O4S. The highest BCUT2D eigenvalue weighted by atomic mass is 35.5. The number of nitrogens with one attached hydrogen (secondary N) is 2. The molecule has 0 aliphatic carbocycles. The molecule has 4 N–H and O–H groups in total. The van der Waals surface area contributed by atoms with Crippen molar-refractivity contribution in [1.82, 2.24) is 0 Å². The molecule has 130 valence electrons. The number of primary amides is 1. The monoisotopic (exact) mass is 379 g/mol. The molecule has 2 aromatic carbocycles. The Kier molecular flexibility index (Phi) is 4.40. The predicted molar refractivity (Wildman–Crippen MR) is 93.9 cm³/mol. The number of rotatable bonds is 5. The fourth-order valence-electron chi connectivity index (χ4n) is 2.53. The van der Waals surface area contributed by atoms with Crippen LogP contribution in [0.25, 0.3) is 0 Å². The van der Waals surface area contributed by atoms with E-state index in [1.165, 1.54) is 24.3 Å². The van der Waals surface area contributed by atoms with E-state index in [4.69, 9.17) is 17.3 Å². The van der Waals surface area contributed by atoms with Gasteiger partial charge in [0.25, 0.3) is 10.0 Å². The number of carbonyl (C=O) groups excluding carboxylic acids is 2. The van der Waals surface area contributed by atoms with Gasteiger partial charge in [-0.25, -0.2) is 8.42 Å². The van der Waals surface area contributed by atoms with Crippen LogP contribution < -0.4 is 15.8 Å². The van der Waals surface area contributed by atoms with Crippen molar-refractivity contribution in [2.45, 2.75) is 17.7 Å². The van der Waals surface area contributed by atoms with E-state index in [-0.39, 0.29) is 28.7 Å². The average molecular weight is 380 g/mol. The van der Waals surface area contributed by atoms with E-state index in [1.54, 1.807) is 12.1 Å². The van der Waals surface area contributed by atoms with Crippen LogP contribution >= 0.6 is 11.6 Å². The topological polar surface area (TPSA) is 118 Å². The summed E-state index contributed by atoms with van der Waals surface area (Å²) in [5.41, 5.74) is 7.21. The van der Waals surface area contributed by atoms with Crippen molar-refractivity contribution >= 4 is 44.8 Å². The van der Waals surface area contributed by atoms with Crippen LogP contribution in [0.5, 0.6) is 0 Å². The van der Waals surface area contributed by atoms with Crippen LogP contribution in [-0.4, -0.2) is 20.2 Å². The summed E-state index contributed by atoms with van der Waals surface area (Å²) < 4.78 is 27.6. The lowest BCUT2D eigenvalue weighted by Crippen LogP contribution is -2.15. The summed E-state index contributed by atoms with van der Waals surface area (Å²) in [5, 5.41) is 2.62. The molecule has 2 amide bonds. The first kappa shape index (κ1) is 17.2. The lowest BCUT2D eigenvalue weighted by atomic mass is 10.1. The molecule has 1 aliphatic rings. The fraction of sp³-hybridized carbons (Fsp3) is 0.125. The third-order valence-electron chi connectivity index (χ3n) is 3.66. The van der Waals surface area contributed by atoms with Gasteiger partial charge < -0.3 is 11.1 Å². The van der Waals surface area contributed by atoms with Crippen LogP contribution in [0.4, 0.5) is 11.4 Å². The molecule has 0 fully saturated rings. The lowest BCUT2D eigenvalue weighted by molar-refractivity contribution is -0.117. The molecule has 1 aliphatic heterocycles. The molecule has 0 saturated heterocycles. The highest BCUT2D eigenvalue weighted by molar-refractivity contribution is 7.92. The Morgan fingerprint density at radius 3 is 2.56 bits per heavy atom. The van der Waals surface area contributed by atoms with E-state index in [0.717, 1.165) is 0 Å². The summed E-state index contributed by atoms with van der Waals surface area (Å²) in [4.78, 5) is 22.2. The largest absolute Gasteiger partial charge is 0.369 e. The Bertz CT molecular complexity index is 972. The molecule has 3 rings (SSSR count). The predicted octanol–water partition coefficient (Wildman–Crippen LogP) is 1.66. The van der Waals surface area contributed by atoms with Crippen LogP contribution in [0.15, 0.2) is 41.3 Å². The zero-order valence-corrected chi connectivity index (χ0v) is 14.4. The number of hydrogen-bond donors (Lipinski definition) is 3. The Hall–Kier alpha value is -2.58. The molecular weight excluding hydrogens is 366 g/mol. The highest BCUT2D eigenvalue weighted by Gasteiger charge is 2.25. The average Bonchev–Trinajstić information content (AvgIpc) is 2.86. The van der Waals surface area contributed by atoms with Gasteiger partial charge in [-0.1, -0.05) is 23.7 Å². The van der Waals surface area contributed by atoms with Crippen LogP contribution in [0.1, 0.15) is 11.1 Å². The van der Waals surface area contributed by atoms with Crippen LogP contribution in [0, 0.1) is 0 Å². The second kappa shape index (κ2) is 6.38. The quantitative estimate of drug-likeness (QED) is 0.732. The van der Waals surface area contributed by atoms with Gasteiger partial charge in [-0.2, -0.15) is 0 Å². The molecule has 25 heavy (non-hydrogen) atoms. The van der Waals surface area contributed by atoms with Crippen LogP contribution in [0.2, 0.25) is 5.02 Å². The van der Waals surface area contributed by atoms with E-state index < -0.39 is 15.9 Å². The van der Waals surface area contributed by atoms with Crippen molar-refractivity contribution in [3.8, 4) is 0 Å². The zero-order chi connectivity index (χ0) is 18.2. The SMILES string of the molecule is NC(=O)Cc1ccc(NS(=O)(=O)c2cc3c(cc2Cl)NC(=O)C3)cc1. The van der Waals surface area contributed by atoms with Gasteiger partial charge in [-0.15, -0.1) is 0 Å². The number of anilines is 2. The van der Waals surface area contributed by atoms with Gasteiger partial charge in [-0.3, -0.25) is 14.3 Å². The van der Waals surface area contributed by atoms with Gasteiger partial charge in [0.15, 0.2) is 0 Å². The standard InChI is InChI=1S/C16H14ClN3O4S/c17-12-8-13-10(7-16(22)19-13)6-14(12)25(23,24)20-11-3-1-9(2-4-11)5-15(18)21/h1-4,6,8,20H,5,7H2,(H2,18,21)(H,19,22). The van der Waals surface area contributed by atoms with E-state index >= 15 is 0 Å². The smallest absolute Gasteiger partial charge is 0.263 e. The Morgan fingerprint density at radius 2 is 1.92 bits per heavy atom. The minimum Gasteiger partial charge on any atom is -0.369 e. The third kappa shape index (κ3) is 3.75. The van der Waals surface area contributed by atoms with Crippen LogP contribution in [-0.2, 0) is 32.5 Å². The van der Waals surface area contributed by atoms with Gasteiger partial charge >= 0.3 is 0 Å². The lowest BCUT2D eigenvalue weighted by Gasteiger charge is -2.11. The van der Waals surface area contributed by atoms with Crippen molar-refractivity contribution in [3.63, 3.8) is 0 Å². The first-order valence-corrected chi connectivity index (χ1v) is 9.13. The van der Waals surface area contributed by atoms with Crippen molar-refractivity contribution in [1.29, 1.82) is 0 Å². The molecule has 0 spiro atoms. The summed E-state index contributed by atoms with van der Waals surface area (Å²) in [6.45, 7) is 0. The van der Waals surface area contributed by atoms with E-state index in [0.29, 0.717) is 22.5 Å². The van der Waals surface area contributed by atoms with Crippen LogP contribution in [0.3, 0.4) is 0 Å². The first-order chi connectivity index (χ1) is 11.7. The number of fused-ring (bicyclic) bond motifs is 1. The minimum atomic E-state index is -3.93. The maximum absolute atomic E-state index is 12.6. The summed E-state index contributed by atoms with van der Waals surface area (Å²) >= 11 is 6.07. The Morgan fingerprint density at radius 1 is 1.24 bits per heavy atom. The van der Waals surface area contributed by atoms with E-state index in [2.05, 4.69) is 10.0 Å².